The van der Waals surface area contributed by atoms with Crippen LogP contribution in [-0.4, -0.2) is 37.2 Å². The van der Waals surface area contributed by atoms with Crippen LogP contribution in [-0.2, 0) is 14.8 Å². The number of aliphatic hydroxyl groups excluding tert-OH is 1. The molecule has 0 fully saturated rings. The third-order valence-corrected chi connectivity index (χ3v) is 3.89. The van der Waals surface area contributed by atoms with Crippen LogP contribution in [0.2, 0.25) is 0 Å². The molecule has 0 heterocycles. The molecule has 0 spiro atoms. The minimum absolute atomic E-state index is 0.365. The molecule has 0 aliphatic carbocycles. The van der Waals surface area contributed by atoms with Crippen molar-refractivity contribution in [2.45, 2.75) is 11.0 Å². The van der Waals surface area contributed by atoms with Gasteiger partial charge in [0.1, 0.15) is 10.7 Å². The van der Waals surface area contributed by atoms with Gasteiger partial charge >= 0.3 is 5.97 Å². The van der Waals surface area contributed by atoms with E-state index in [1.54, 1.807) is 4.72 Å². The Hall–Kier alpha value is -1.03. The highest BCUT2D eigenvalue weighted by Gasteiger charge is 2.22. The second-order valence-electron chi connectivity index (χ2n) is 3.28. The van der Waals surface area contributed by atoms with Crippen molar-refractivity contribution in [3.63, 3.8) is 0 Å². The lowest BCUT2D eigenvalue weighted by atomic mass is 10.3. The molecule has 0 amide bonds. The molecule has 6 nitrogen and oxygen atoms in total. The van der Waals surface area contributed by atoms with E-state index in [-0.39, 0.29) is 0 Å². The molecule has 0 aliphatic rings. The molecule has 0 saturated carbocycles. The summed E-state index contributed by atoms with van der Waals surface area (Å²) < 4.78 is 38.8. The van der Waals surface area contributed by atoms with Gasteiger partial charge in [0.25, 0.3) is 0 Å². The molecule has 3 N–H and O–H groups in total. The number of hydrogen-bond donors (Lipinski definition) is 3. The Balaban J connectivity index is 2.90. The van der Waals surface area contributed by atoms with Gasteiger partial charge in [0, 0.05) is 11.0 Å². The molecule has 0 aliphatic heterocycles. The normalized spacial score (nSPS) is 13.3. The number of rotatable bonds is 5. The molecule has 0 aromatic heterocycles. The van der Waals surface area contributed by atoms with Crippen molar-refractivity contribution in [1.82, 2.24) is 4.72 Å². The summed E-state index contributed by atoms with van der Waals surface area (Å²) in [7, 11) is -4.21. The predicted octanol–water partition coefficient (Wildman–Crippen LogP) is 0.312. The third kappa shape index (κ3) is 3.73. The van der Waals surface area contributed by atoms with Gasteiger partial charge in [-0.3, -0.25) is 0 Å². The van der Waals surface area contributed by atoms with Gasteiger partial charge in [-0.15, -0.1) is 0 Å². The molecule has 1 aromatic carbocycles. The second kappa shape index (κ2) is 5.74. The Kier molecular flexibility index (Phi) is 4.79. The standard InChI is InChI=1S/C9H9BrFNO5S/c10-5-1-2-8(6(11)3-5)18(16,17)12-4-7(13)9(14)15/h1-3,7,12-13H,4H2,(H,14,15). The van der Waals surface area contributed by atoms with Crippen molar-refractivity contribution < 1.29 is 27.8 Å². The van der Waals surface area contributed by atoms with Crippen LogP contribution >= 0.6 is 15.9 Å². The van der Waals surface area contributed by atoms with E-state index in [9.17, 15) is 17.6 Å². The first-order valence-electron chi connectivity index (χ1n) is 4.59. The van der Waals surface area contributed by atoms with E-state index < -0.39 is 39.4 Å². The van der Waals surface area contributed by atoms with Crippen LogP contribution in [0.4, 0.5) is 4.39 Å². The first-order chi connectivity index (χ1) is 8.24. The maximum atomic E-state index is 13.4. The van der Waals surface area contributed by atoms with Crippen LogP contribution < -0.4 is 4.72 Å². The van der Waals surface area contributed by atoms with Crippen LogP contribution in [0.25, 0.3) is 0 Å². The highest BCUT2D eigenvalue weighted by Crippen LogP contribution is 2.19. The molecule has 0 saturated heterocycles. The summed E-state index contributed by atoms with van der Waals surface area (Å²) in [6, 6.07) is 3.31. The van der Waals surface area contributed by atoms with Crippen LogP contribution in [0.15, 0.2) is 27.6 Å². The average molecular weight is 342 g/mol. The van der Waals surface area contributed by atoms with Crippen LogP contribution in [0.1, 0.15) is 0 Å². The molecule has 100 valence electrons. The number of aliphatic hydroxyl groups is 1. The predicted molar refractivity (Wildman–Crippen MR) is 62.9 cm³/mol. The number of hydrogen-bond acceptors (Lipinski definition) is 4. The van der Waals surface area contributed by atoms with Gasteiger partial charge in [0.05, 0.1) is 0 Å². The van der Waals surface area contributed by atoms with E-state index in [0.717, 1.165) is 12.1 Å². The topological polar surface area (TPSA) is 104 Å². The summed E-state index contributed by atoms with van der Waals surface area (Å²) in [6.07, 6.45) is -1.89. The van der Waals surface area contributed by atoms with Gasteiger partial charge < -0.3 is 10.2 Å². The van der Waals surface area contributed by atoms with Crippen molar-refractivity contribution >= 4 is 31.9 Å². The molecule has 1 rings (SSSR count). The lowest BCUT2D eigenvalue weighted by Crippen LogP contribution is -2.36. The van der Waals surface area contributed by atoms with E-state index in [0.29, 0.717) is 4.47 Å². The van der Waals surface area contributed by atoms with Crippen molar-refractivity contribution in [3.05, 3.63) is 28.5 Å². The summed E-state index contributed by atoms with van der Waals surface area (Å²) in [6.45, 7) is -0.743. The molecule has 1 aromatic rings. The van der Waals surface area contributed by atoms with Gasteiger partial charge in [0.15, 0.2) is 6.10 Å². The molecule has 0 radical (unpaired) electrons. The van der Waals surface area contributed by atoms with Gasteiger partial charge in [-0.1, -0.05) is 15.9 Å². The van der Waals surface area contributed by atoms with Crippen molar-refractivity contribution in [1.29, 1.82) is 0 Å². The van der Waals surface area contributed by atoms with E-state index in [1.807, 2.05) is 0 Å². The highest BCUT2D eigenvalue weighted by atomic mass is 79.9. The number of sulfonamides is 1. The average Bonchev–Trinajstić information content (AvgIpc) is 2.25. The largest absolute Gasteiger partial charge is 0.479 e. The fourth-order valence-electron chi connectivity index (χ4n) is 1.05. The molecule has 1 atom stereocenters. The quantitative estimate of drug-likeness (QED) is 0.715. The zero-order chi connectivity index (χ0) is 13.9. The zero-order valence-electron chi connectivity index (χ0n) is 8.80. The van der Waals surface area contributed by atoms with E-state index in [2.05, 4.69) is 15.9 Å². The number of carboxylic acids is 1. The van der Waals surface area contributed by atoms with E-state index >= 15 is 0 Å². The molecule has 1 unspecified atom stereocenters. The summed E-state index contributed by atoms with van der Waals surface area (Å²) in [5.74, 6) is -2.56. The van der Waals surface area contributed by atoms with Gasteiger partial charge in [0.2, 0.25) is 10.0 Å². The van der Waals surface area contributed by atoms with Gasteiger partial charge in [-0.25, -0.2) is 22.3 Å². The van der Waals surface area contributed by atoms with E-state index in [4.69, 9.17) is 10.2 Å². The number of carbonyl (C=O) groups is 1. The Bertz CT molecular complexity index is 562. The van der Waals surface area contributed by atoms with Gasteiger partial charge in [-0.2, -0.15) is 0 Å². The lowest BCUT2D eigenvalue weighted by Gasteiger charge is -2.09. The summed E-state index contributed by atoms with van der Waals surface area (Å²) in [4.78, 5) is 9.68. The van der Waals surface area contributed by atoms with Crippen LogP contribution in [0.5, 0.6) is 0 Å². The zero-order valence-corrected chi connectivity index (χ0v) is 11.2. The smallest absolute Gasteiger partial charge is 0.333 e. The maximum Gasteiger partial charge on any atom is 0.333 e. The summed E-state index contributed by atoms with van der Waals surface area (Å²) in [5.41, 5.74) is 0. The minimum atomic E-state index is -4.21. The Labute approximate surface area is 111 Å². The number of carboxylic acid groups (broad SMARTS) is 1. The van der Waals surface area contributed by atoms with E-state index in [1.165, 1.54) is 6.07 Å². The molecule has 9 heteroatoms. The number of halogens is 2. The fraction of sp³-hybridized carbons (Fsp3) is 0.222. The number of aliphatic carboxylic acids is 1. The second-order valence-corrected chi connectivity index (χ2v) is 5.93. The molecular weight excluding hydrogens is 333 g/mol. The van der Waals surface area contributed by atoms with Crippen LogP contribution in [0.3, 0.4) is 0 Å². The molecular formula is C9H9BrFNO5S. The third-order valence-electron chi connectivity index (χ3n) is 1.94. The number of nitrogens with one attached hydrogen (secondary N) is 1. The van der Waals surface area contributed by atoms with Crippen LogP contribution in [0, 0.1) is 5.82 Å². The molecule has 0 bridgehead atoms. The summed E-state index contributed by atoms with van der Waals surface area (Å²) >= 11 is 2.97. The van der Waals surface area contributed by atoms with Crippen molar-refractivity contribution in [2.24, 2.45) is 0 Å². The first-order valence-corrected chi connectivity index (χ1v) is 6.87. The van der Waals surface area contributed by atoms with Crippen molar-refractivity contribution in [3.8, 4) is 0 Å². The lowest BCUT2D eigenvalue weighted by molar-refractivity contribution is -0.146. The Morgan fingerprint density at radius 2 is 2.11 bits per heavy atom. The van der Waals surface area contributed by atoms with Gasteiger partial charge in [-0.05, 0) is 18.2 Å². The first kappa shape index (κ1) is 15.0. The highest BCUT2D eigenvalue weighted by molar-refractivity contribution is 9.10. The summed E-state index contributed by atoms with van der Waals surface area (Å²) in [5, 5.41) is 17.3. The fourth-order valence-corrected chi connectivity index (χ4v) is 2.48. The minimum Gasteiger partial charge on any atom is -0.479 e. The maximum absolute atomic E-state index is 13.4. The van der Waals surface area contributed by atoms with Crippen molar-refractivity contribution in [2.75, 3.05) is 6.54 Å². The Morgan fingerprint density at radius 1 is 1.50 bits per heavy atom. The SMILES string of the molecule is O=C(O)C(O)CNS(=O)(=O)c1ccc(Br)cc1F. The Morgan fingerprint density at radius 3 is 2.61 bits per heavy atom. The number of benzene rings is 1. The monoisotopic (exact) mass is 341 g/mol. The molecule has 18 heavy (non-hydrogen) atoms.